The van der Waals surface area contributed by atoms with E-state index in [9.17, 15) is 5.11 Å². The maximum atomic E-state index is 9.49. The molecule has 0 spiro atoms. The van der Waals surface area contributed by atoms with Crippen LogP contribution in [0, 0.1) is 0 Å². The van der Waals surface area contributed by atoms with Gasteiger partial charge in [0, 0.05) is 10.8 Å². The molecule has 0 saturated carbocycles. The zero-order chi connectivity index (χ0) is 20.8. The van der Waals surface area contributed by atoms with Crippen molar-refractivity contribution in [3.05, 3.63) is 72.8 Å². The van der Waals surface area contributed by atoms with Gasteiger partial charge in [-0.25, -0.2) is 0 Å². The zero-order valence-electron chi connectivity index (χ0n) is 17.2. The zero-order valence-corrected chi connectivity index (χ0v) is 17.2. The molecule has 0 aliphatic heterocycles. The van der Waals surface area contributed by atoms with Crippen LogP contribution in [0.4, 0.5) is 0 Å². The number of hydrogen-bond acceptors (Lipinski definition) is 4. The van der Waals surface area contributed by atoms with Gasteiger partial charge in [0.1, 0.15) is 23.0 Å². The molecule has 0 aliphatic rings. The molecule has 0 fully saturated rings. The SMILES string of the molecule is COc1ccc2c(O)cccc2c1.COc1ccc2c(OC(C)C)cccc2c1. The summed E-state index contributed by atoms with van der Waals surface area (Å²) in [6.07, 6.45) is 0.188. The number of benzene rings is 4. The van der Waals surface area contributed by atoms with E-state index in [2.05, 4.69) is 6.07 Å². The minimum absolute atomic E-state index is 0.188. The van der Waals surface area contributed by atoms with Gasteiger partial charge < -0.3 is 19.3 Å². The Labute approximate surface area is 171 Å². The Balaban J connectivity index is 0.000000169. The summed E-state index contributed by atoms with van der Waals surface area (Å²) >= 11 is 0. The molecule has 1 N–H and O–H groups in total. The number of hydrogen-bond donors (Lipinski definition) is 1. The van der Waals surface area contributed by atoms with E-state index in [-0.39, 0.29) is 6.10 Å². The Kier molecular flexibility index (Phi) is 6.45. The lowest BCUT2D eigenvalue weighted by atomic mass is 10.1. The summed E-state index contributed by atoms with van der Waals surface area (Å²) in [5.74, 6) is 2.91. The molecule has 29 heavy (non-hydrogen) atoms. The summed E-state index contributed by atoms with van der Waals surface area (Å²) in [4.78, 5) is 0. The lowest BCUT2D eigenvalue weighted by Crippen LogP contribution is -2.05. The maximum Gasteiger partial charge on any atom is 0.127 e. The third kappa shape index (κ3) is 4.91. The normalized spacial score (nSPS) is 10.5. The summed E-state index contributed by atoms with van der Waals surface area (Å²) < 4.78 is 16.0. The van der Waals surface area contributed by atoms with Crippen LogP contribution >= 0.6 is 0 Å². The average molecular weight is 390 g/mol. The van der Waals surface area contributed by atoms with E-state index >= 15 is 0 Å². The van der Waals surface area contributed by atoms with Crippen LogP contribution in [0.15, 0.2) is 72.8 Å². The minimum atomic E-state index is 0.188. The van der Waals surface area contributed by atoms with Crippen LogP contribution in [0.3, 0.4) is 0 Å². The molecule has 0 bridgehead atoms. The van der Waals surface area contributed by atoms with Crippen molar-refractivity contribution in [1.29, 1.82) is 0 Å². The van der Waals surface area contributed by atoms with Crippen LogP contribution in [-0.2, 0) is 0 Å². The van der Waals surface area contributed by atoms with Gasteiger partial charge >= 0.3 is 0 Å². The monoisotopic (exact) mass is 390 g/mol. The third-order valence-corrected chi connectivity index (χ3v) is 4.47. The van der Waals surface area contributed by atoms with Gasteiger partial charge in [-0.2, -0.15) is 0 Å². The van der Waals surface area contributed by atoms with E-state index in [1.807, 2.05) is 74.5 Å². The van der Waals surface area contributed by atoms with Crippen LogP contribution in [0.5, 0.6) is 23.0 Å². The van der Waals surface area contributed by atoms with Crippen molar-refractivity contribution in [3.63, 3.8) is 0 Å². The van der Waals surface area contributed by atoms with Gasteiger partial charge in [0.05, 0.1) is 20.3 Å². The first-order valence-corrected chi connectivity index (χ1v) is 9.51. The number of fused-ring (bicyclic) bond motifs is 2. The average Bonchev–Trinajstić information content (AvgIpc) is 2.73. The number of methoxy groups -OCH3 is 2. The van der Waals surface area contributed by atoms with E-state index in [1.54, 1.807) is 20.3 Å². The Bertz CT molecular complexity index is 1100. The Morgan fingerprint density at radius 1 is 0.690 bits per heavy atom. The molecular weight excluding hydrogens is 364 g/mol. The number of ether oxygens (including phenoxy) is 3. The van der Waals surface area contributed by atoms with Crippen LogP contribution < -0.4 is 14.2 Å². The summed E-state index contributed by atoms with van der Waals surface area (Å²) in [7, 11) is 3.31. The van der Waals surface area contributed by atoms with Crippen molar-refractivity contribution >= 4 is 21.5 Å². The predicted octanol–water partition coefficient (Wildman–Crippen LogP) is 6.19. The number of phenolic OH excluding ortho intramolecular Hbond substituents is 1. The van der Waals surface area contributed by atoms with E-state index in [0.29, 0.717) is 5.75 Å². The van der Waals surface area contributed by atoms with Crippen LogP contribution in [-0.4, -0.2) is 25.4 Å². The highest BCUT2D eigenvalue weighted by atomic mass is 16.5. The highest BCUT2D eigenvalue weighted by molar-refractivity contribution is 5.90. The van der Waals surface area contributed by atoms with Gasteiger partial charge in [0.25, 0.3) is 0 Å². The molecule has 0 atom stereocenters. The summed E-state index contributed by atoms with van der Waals surface area (Å²) in [5, 5.41) is 13.6. The standard InChI is InChI=1S/C14H16O2.C11H10O2/c1-10(2)16-14-6-4-5-11-9-12(15-3)7-8-13(11)14;1-13-9-5-6-10-8(7-9)3-2-4-11(10)12/h4-10H,1-3H3;2-7,12H,1H3. The van der Waals surface area contributed by atoms with Crippen molar-refractivity contribution in [2.24, 2.45) is 0 Å². The van der Waals surface area contributed by atoms with Gasteiger partial charge in [0.2, 0.25) is 0 Å². The quantitative estimate of drug-likeness (QED) is 0.451. The first-order valence-electron chi connectivity index (χ1n) is 9.51. The van der Waals surface area contributed by atoms with Gasteiger partial charge in [-0.1, -0.05) is 24.3 Å². The highest BCUT2D eigenvalue weighted by Crippen LogP contribution is 2.29. The second-order valence-corrected chi connectivity index (χ2v) is 6.87. The molecule has 0 amide bonds. The topological polar surface area (TPSA) is 47.9 Å². The second kappa shape index (κ2) is 9.20. The first kappa shape index (κ1) is 20.3. The fraction of sp³-hybridized carbons (Fsp3) is 0.200. The Morgan fingerprint density at radius 2 is 1.24 bits per heavy atom. The molecule has 4 rings (SSSR count). The molecule has 0 aliphatic carbocycles. The van der Waals surface area contributed by atoms with Crippen molar-refractivity contribution in [1.82, 2.24) is 0 Å². The molecule has 4 aromatic rings. The number of aromatic hydroxyl groups is 1. The molecule has 0 saturated heterocycles. The van der Waals surface area contributed by atoms with Crippen LogP contribution in [0.2, 0.25) is 0 Å². The second-order valence-electron chi connectivity index (χ2n) is 6.87. The van der Waals surface area contributed by atoms with Gasteiger partial charge in [0.15, 0.2) is 0 Å². The molecule has 150 valence electrons. The minimum Gasteiger partial charge on any atom is -0.507 e. The van der Waals surface area contributed by atoms with E-state index in [0.717, 1.165) is 38.8 Å². The lowest BCUT2D eigenvalue weighted by Gasteiger charge is -2.12. The van der Waals surface area contributed by atoms with Gasteiger partial charge in [-0.15, -0.1) is 0 Å². The van der Waals surface area contributed by atoms with Crippen LogP contribution in [0.25, 0.3) is 21.5 Å². The van der Waals surface area contributed by atoms with Crippen molar-refractivity contribution in [2.45, 2.75) is 20.0 Å². The Morgan fingerprint density at radius 3 is 1.83 bits per heavy atom. The number of phenols is 1. The van der Waals surface area contributed by atoms with Crippen molar-refractivity contribution in [2.75, 3.05) is 14.2 Å². The molecule has 0 heterocycles. The molecular formula is C25H26O4. The number of rotatable bonds is 4. The maximum absolute atomic E-state index is 9.49. The van der Waals surface area contributed by atoms with E-state index < -0.39 is 0 Å². The fourth-order valence-corrected chi connectivity index (χ4v) is 3.09. The molecule has 0 radical (unpaired) electrons. The summed E-state index contributed by atoms with van der Waals surface area (Å²) in [5.41, 5.74) is 0. The molecule has 4 aromatic carbocycles. The molecule has 4 heteroatoms. The van der Waals surface area contributed by atoms with Crippen molar-refractivity contribution < 1.29 is 19.3 Å². The van der Waals surface area contributed by atoms with E-state index in [4.69, 9.17) is 14.2 Å². The third-order valence-electron chi connectivity index (χ3n) is 4.47. The Hall–Kier alpha value is -3.40. The molecule has 0 unspecified atom stereocenters. The largest absolute Gasteiger partial charge is 0.507 e. The molecule has 0 aromatic heterocycles. The fourth-order valence-electron chi connectivity index (χ4n) is 3.09. The smallest absolute Gasteiger partial charge is 0.127 e. The van der Waals surface area contributed by atoms with Crippen molar-refractivity contribution in [3.8, 4) is 23.0 Å². The lowest BCUT2D eigenvalue weighted by molar-refractivity contribution is 0.245. The predicted molar refractivity (Wildman–Crippen MR) is 118 cm³/mol. The van der Waals surface area contributed by atoms with Gasteiger partial charge in [-0.3, -0.25) is 0 Å². The van der Waals surface area contributed by atoms with E-state index in [1.165, 1.54) is 0 Å². The van der Waals surface area contributed by atoms with Gasteiger partial charge in [-0.05, 0) is 73.2 Å². The highest BCUT2D eigenvalue weighted by Gasteiger charge is 2.04. The summed E-state index contributed by atoms with van der Waals surface area (Å²) in [6, 6.07) is 23.1. The molecule has 4 nitrogen and oxygen atoms in total. The van der Waals surface area contributed by atoms with Crippen LogP contribution in [0.1, 0.15) is 13.8 Å². The first-order chi connectivity index (χ1) is 14.0. The summed E-state index contributed by atoms with van der Waals surface area (Å²) in [6.45, 7) is 4.06.